The Morgan fingerprint density at radius 3 is 2.40 bits per heavy atom. The number of aliphatic hydroxyl groups is 1. The summed E-state index contributed by atoms with van der Waals surface area (Å²) in [5, 5.41) is 30.1. The van der Waals surface area contributed by atoms with E-state index in [-0.39, 0.29) is 13.2 Å². The average Bonchev–Trinajstić information content (AvgIpc) is 3.43. The highest BCUT2D eigenvalue weighted by Crippen LogP contribution is 2.31. The zero-order chi connectivity index (χ0) is 31.0. The van der Waals surface area contributed by atoms with Crippen molar-refractivity contribution >= 4 is 17.3 Å². The lowest BCUT2D eigenvalue weighted by Gasteiger charge is -2.35. The molecule has 2 N–H and O–H groups in total. The quantitative estimate of drug-likeness (QED) is 0.308. The largest absolute Gasteiger partial charge is 0.490 e. The third-order valence-corrected chi connectivity index (χ3v) is 6.48. The van der Waals surface area contributed by atoms with Crippen LogP contribution in [0.25, 0.3) is 16.6 Å². The molecule has 0 unspecified atom stereocenters. The minimum atomic E-state index is -5.08. The zero-order valence-corrected chi connectivity index (χ0v) is 23.0. The van der Waals surface area contributed by atoms with Crippen molar-refractivity contribution < 1.29 is 37.7 Å². The van der Waals surface area contributed by atoms with Crippen LogP contribution in [0.3, 0.4) is 0 Å². The van der Waals surface area contributed by atoms with Gasteiger partial charge in [0.2, 0.25) is 5.88 Å². The third-order valence-electron chi connectivity index (χ3n) is 6.48. The monoisotopic (exact) mass is 599 g/mol. The number of aliphatic carboxylic acids is 1. The van der Waals surface area contributed by atoms with Crippen LogP contribution < -0.4 is 14.4 Å². The summed E-state index contributed by atoms with van der Waals surface area (Å²) in [6.07, 6.45) is 1.85. The first kappa shape index (κ1) is 31.0. The van der Waals surface area contributed by atoms with Gasteiger partial charge in [0.25, 0.3) is 0 Å². The number of nitriles is 1. The molecule has 1 fully saturated rings. The second-order valence-corrected chi connectivity index (χ2v) is 9.30. The maximum Gasteiger partial charge on any atom is 0.490 e. The number of rotatable bonds is 8. The lowest BCUT2D eigenvalue weighted by atomic mass is 10.1. The Kier molecular flexibility index (Phi) is 9.96. The lowest BCUT2D eigenvalue weighted by molar-refractivity contribution is -0.192. The number of fused-ring (bicyclic) bond motifs is 1. The van der Waals surface area contributed by atoms with E-state index in [0.717, 1.165) is 49.7 Å². The smallest absolute Gasteiger partial charge is 0.490 e. The van der Waals surface area contributed by atoms with E-state index in [2.05, 4.69) is 32.0 Å². The van der Waals surface area contributed by atoms with E-state index >= 15 is 0 Å². The fourth-order valence-corrected chi connectivity index (χ4v) is 4.39. The summed E-state index contributed by atoms with van der Waals surface area (Å²) >= 11 is 0. The topological polar surface area (TPSA) is 149 Å². The number of nitrogens with zero attached hydrogens (tertiary/aromatic N) is 7. The van der Waals surface area contributed by atoms with Gasteiger partial charge in [-0.25, -0.2) is 19.3 Å². The van der Waals surface area contributed by atoms with E-state index in [1.807, 2.05) is 36.7 Å². The molecule has 1 aliphatic rings. The van der Waals surface area contributed by atoms with Crippen LogP contribution in [0.2, 0.25) is 0 Å². The van der Waals surface area contributed by atoms with Crippen LogP contribution >= 0.6 is 0 Å². The number of halogens is 3. The van der Waals surface area contributed by atoms with E-state index in [0.29, 0.717) is 22.7 Å². The van der Waals surface area contributed by atoms with E-state index in [4.69, 9.17) is 29.5 Å². The van der Waals surface area contributed by atoms with Gasteiger partial charge < -0.3 is 24.6 Å². The lowest BCUT2D eigenvalue weighted by Crippen LogP contribution is -2.46. The van der Waals surface area contributed by atoms with E-state index in [9.17, 15) is 18.4 Å². The van der Waals surface area contributed by atoms with E-state index in [1.165, 1.54) is 11.8 Å². The molecular weight excluding hydrogens is 571 g/mol. The van der Waals surface area contributed by atoms with Gasteiger partial charge >= 0.3 is 12.1 Å². The summed E-state index contributed by atoms with van der Waals surface area (Å²) < 4.78 is 44.1. The molecule has 1 saturated heterocycles. The third kappa shape index (κ3) is 7.87. The highest BCUT2D eigenvalue weighted by Gasteiger charge is 2.38. The Hall–Kier alpha value is -4.94. The molecule has 5 heterocycles. The van der Waals surface area contributed by atoms with Gasteiger partial charge in [0.15, 0.2) is 0 Å². The van der Waals surface area contributed by atoms with Crippen LogP contribution in [0, 0.1) is 11.3 Å². The Labute approximate surface area is 244 Å². The molecule has 0 radical (unpaired) electrons. The molecule has 0 aromatic carbocycles. The number of carbonyl (C=O) groups is 1. The summed E-state index contributed by atoms with van der Waals surface area (Å²) in [6, 6.07) is 12.0. The molecule has 4 aromatic rings. The number of carboxylic acids is 1. The Balaban J connectivity index is 0.000000541. The number of hydrogen-bond acceptors (Lipinski definition) is 10. The molecule has 226 valence electrons. The van der Waals surface area contributed by atoms with Crippen LogP contribution in [0.1, 0.15) is 11.1 Å². The highest BCUT2D eigenvalue weighted by molar-refractivity contribution is 5.85. The van der Waals surface area contributed by atoms with Gasteiger partial charge in [-0.3, -0.25) is 4.90 Å². The SMILES string of the molecule is COc1ccc(CN2CCN(c3ccc(-c4cc(OCCO)cn5ncc(C#N)c45)cn3)CC2)cn1.O=C(O)C(F)(F)F. The van der Waals surface area contributed by atoms with Crippen molar-refractivity contribution in [2.75, 3.05) is 51.4 Å². The van der Waals surface area contributed by atoms with Crippen LogP contribution in [-0.4, -0.2) is 93.3 Å². The highest BCUT2D eigenvalue weighted by atomic mass is 19.4. The van der Waals surface area contributed by atoms with Crippen LogP contribution in [0.4, 0.5) is 19.0 Å². The van der Waals surface area contributed by atoms with Crippen molar-refractivity contribution in [3.8, 4) is 28.8 Å². The fraction of sp³-hybridized carbons (Fsp3) is 0.321. The predicted octanol–water partition coefficient (Wildman–Crippen LogP) is 3.00. The van der Waals surface area contributed by atoms with Crippen LogP contribution in [0.5, 0.6) is 11.6 Å². The zero-order valence-electron chi connectivity index (χ0n) is 23.0. The Morgan fingerprint density at radius 1 is 1.09 bits per heavy atom. The predicted molar refractivity (Wildman–Crippen MR) is 148 cm³/mol. The molecule has 1 aliphatic heterocycles. The Bertz CT molecular complexity index is 1560. The molecular formula is C28H28F3N7O5. The minimum absolute atomic E-state index is 0.0869. The summed E-state index contributed by atoms with van der Waals surface area (Å²) in [7, 11) is 1.62. The first-order valence-electron chi connectivity index (χ1n) is 13.0. The second-order valence-electron chi connectivity index (χ2n) is 9.30. The van der Waals surface area contributed by atoms with Gasteiger partial charge in [0, 0.05) is 62.3 Å². The van der Waals surface area contributed by atoms with E-state index in [1.54, 1.807) is 17.8 Å². The molecule has 43 heavy (non-hydrogen) atoms. The first-order chi connectivity index (χ1) is 20.6. The maximum atomic E-state index is 10.6. The number of hydrogen-bond donors (Lipinski definition) is 2. The van der Waals surface area contributed by atoms with Crippen molar-refractivity contribution in [3.63, 3.8) is 0 Å². The number of carboxylic acid groups (broad SMARTS) is 1. The fourth-order valence-electron chi connectivity index (χ4n) is 4.39. The maximum absolute atomic E-state index is 10.6. The molecule has 15 heteroatoms. The van der Waals surface area contributed by atoms with Crippen molar-refractivity contribution in [2.24, 2.45) is 0 Å². The molecule has 4 aromatic heterocycles. The summed E-state index contributed by atoms with van der Waals surface area (Å²) in [5.41, 5.74) is 4.01. The van der Waals surface area contributed by atoms with Crippen molar-refractivity contribution in [3.05, 3.63) is 66.2 Å². The number of ether oxygens (including phenoxy) is 2. The summed E-state index contributed by atoms with van der Waals surface area (Å²) in [6.45, 7) is 4.57. The minimum Gasteiger partial charge on any atom is -0.490 e. The molecule has 0 bridgehead atoms. The second kappa shape index (κ2) is 13.8. The van der Waals surface area contributed by atoms with Gasteiger partial charge in [-0.05, 0) is 23.8 Å². The number of piperazine rings is 1. The number of anilines is 1. The molecule has 0 spiro atoms. The van der Waals surface area contributed by atoms with Gasteiger partial charge in [-0.1, -0.05) is 6.07 Å². The number of aromatic nitrogens is 4. The van der Waals surface area contributed by atoms with Crippen molar-refractivity contribution in [1.82, 2.24) is 24.5 Å². The van der Waals surface area contributed by atoms with Gasteiger partial charge in [-0.15, -0.1) is 0 Å². The average molecular weight is 600 g/mol. The number of pyridine rings is 3. The standard InChI is InChI=1S/C26H27N7O3.C2HF3O2/c1-35-25-5-2-19(14-29-25)17-31-6-8-32(9-7-31)24-4-3-20(15-28-24)23-12-22(36-11-10-34)18-33-26(23)21(13-27)16-30-33;3-2(4,5)1(6)7/h2-5,12,14-16,18,34H,6-11,17H2,1H3;(H,6,7). The molecule has 0 saturated carbocycles. The number of aliphatic hydroxyl groups excluding tert-OH is 1. The normalized spacial score (nSPS) is 13.6. The first-order valence-corrected chi connectivity index (χ1v) is 13.0. The van der Waals surface area contributed by atoms with Crippen LogP contribution in [-0.2, 0) is 11.3 Å². The molecule has 0 atom stereocenters. The summed E-state index contributed by atoms with van der Waals surface area (Å²) in [4.78, 5) is 22.6. The van der Waals surface area contributed by atoms with Gasteiger partial charge in [0.1, 0.15) is 24.2 Å². The molecule has 5 rings (SSSR count). The number of alkyl halides is 3. The van der Waals surface area contributed by atoms with E-state index < -0.39 is 12.1 Å². The van der Waals surface area contributed by atoms with Crippen molar-refractivity contribution in [2.45, 2.75) is 12.7 Å². The van der Waals surface area contributed by atoms with Gasteiger partial charge in [0.05, 0.1) is 37.2 Å². The molecule has 12 nitrogen and oxygen atoms in total. The van der Waals surface area contributed by atoms with Gasteiger partial charge in [-0.2, -0.15) is 23.5 Å². The summed E-state index contributed by atoms with van der Waals surface area (Å²) in [5.74, 6) is -0.651. The van der Waals surface area contributed by atoms with Crippen molar-refractivity contribution in [1.29, 1.82) is 5.26 Å². The molecule has 0 amide bonds. The van der Waals surface area contributed by atoms with Crippen LogP contribution in [0.15, 0.2) is 55.1 Å². The Morgan fingerprint density at radius 2 is 1.84 bits per heavy atom. The molecule has 0 aliphatic carbocycles. The number of methoxy groups -OCH3 is 1.